The third-order valence-corrected chi connectivity index (χ3v) is 7.97. The first kappa shape index (κ1) is 25.4. The first-order valence-electron chi connectivity index (χ1n) is 9.78. The van der Waals surface area contributed by atoms with Gasteiger partial charge < -0.3 is 10.5 Å². The lowest BCUT2D eigenvalue weighted by Gasteiger charge is -2.21. The Morgan fingerprint density at radius 3 is 2.24 bits per heavy atom. The number of hydrazone groups is 1. The highest BCUT2D eigenvalue weighted by Gasteiger charge is 2.33. The number of nitrogens with zero attached hydrogens (tertiary/aromatic N) is 1. The van der Waals surface area contributed by atoms with Crippen molar-refractivity contribution >= 4 is 73.7 Å². The number of rotatable bonds is 6. The summed E-state index contributed by atoms with van der Waals surface area (Å²) in [5, 5.41) is 15.8. The van der Waals surface area contributed by atoms with E-state index in [1.54, 1.807) is 24.3 Å². The van der Waals surface area contributed by atoms with Crippen molar-refractivity contribution in [3.8, 4) is 5.75 Å². The summed E-state index contributed by atoms with van der Waals surface area (Å²) in [6.45, 7) is 0. The first-order chi connectivity index (χ1) is 16.0. The van der Waals surface area contributed by atoms with Gasteiger partial charge in [0.1, 0.15) is 4.90 Å². The zero-order valence-electron chi connectivity index (χ0n) is 17.1. The van der Waals surface area contributed by atoms with E-state index in [2.05, 4.69) is 15.2 Å². The second kappa shape index (κ2) is 10.1. The molecule has 34 heavy (non-hydrogen) atoms. The summed E-state index contributed by atoms with van der Waals surface area (Å²) in [6, 6.07) is 13.1. The van der Waals surface area contributed by atoms with E-state index in [1.165, 1.54) is 12.1 Å². The zero-order valence-corrected chi connectivity index (χ0v) is 21.7. The monoisotopic (exact) mass is 577 g/mol. The van der Waals surface area contributed by atoms with E-state index in [1.807, 2.05) is 12.1 Å². The third-order valence-electron chi connectivity index (χ3n) is 5.21. The number of sulfonamides is 1. The third kappa shape index (κ3) is 5.41. The van der Waals surface area contributed by atoms with Crippen molar-refractivity contribution in [2.45, 2.75) is 23.4 Å². The molecule has 0 fully saturated rings. The summed E-state index contributed by atoms with van der Waals surface area (Å²) in [6.07, 6.45) is 0.371. The van der Waals surface area contributed by atoms with Crippen LogP contribution < -0.4 is 10.1 Å². The Balaban J connectivity index is 1.72. The molecule has 3 aromatic carbocycles. The Labute approximate surface area is 221 Å². The lowest BCUT2D eigenvalue weighted by Crippen LogP contribution is -2.34. The maximum atomic E-state index is 13.3. The van der Waals surface area contributed by atoms with Gasteiger partial charge in [-0.3, -0.25) is 0 Å². The van der Waals surface area contributed by atoms with Crippen molar-refractivity contribution in [2.75, 3.05) is 0 Å². The van der Waals surface area contributed by atoms with Crippen molar-refractivity contribution in [2.24, 2.45) is 5.10 Å². The van der Waals surface area contributed by atoms with Crippen LogP contribution in [-0.2, 0) is 10.0 Å². The van der Waals surface area contributed by atoms with Crippen LogP contribution in [0.5, 0.6) is 5.75 Å². The molecule has 1 aliphatic heterocycles. The molecule has 0 saturated heterocycles. The quantitative estimate of drug-likeness (QED) is 0.301. The standard InChI is InChI=1S/C22H16Cl5N3O3S/c23-12-3-1-11(2-4-12)18-10-19(29-28-18)21(15-6-5-13(24)7-16(15)26)30-34(32,33)20-9-14(25)8-17(27)22(20)31/h1-9,18,21,28,30-31H,10H2. The van der Waals surface area contributed by atoms with Gasteiger partial charge in [-0.05, 0) is 47.5 Å². The second-order valence-corrected chi connectivity index (χ2v) is 11.3. The number of hydrogen-bond acceptors (Lipinski definition) is 5. The van der Waals surface area contributed by atoms with Crippen molar-refractivity contribution in [3.05, 3.63) is 90.8 Å². The summed E-state index contributed by atoms with van der Waals surface area (Å²) < 4.78 is 29.2. The minimum absolute atomic E-state index is 0.0481. The normalized spacial score (nSPS) is 16.7. The highest BCUT2D eigenvalue weighted by molar-refractivity contribution is 7.89. The number of phenols is 1. The minimum Gasteiger partial charge on any atom is -0.505 e. The van der Waals surface area contributed by atoms with Crippen molar-refractivity contribution in [1.29, 1.82) is 0 Å². The summed E-state index contributed by atoms with van der Waals surface area (Å²) in [7, 11) is -4.32. The fourth-order valence-corrected chi connectivity index (χ4v) is 6.15. The second-order valence-electron chi connectivity index (χ2n) is 7.49. The summed E-state index contributed by atoms with van der Waals surface area (Å²) in [4.78, 5) is -0.471. The Hall–Kier alpha value is -1.71. The Morgan fingerprint density at radius 2 is 1.56 bits per heavy atom. The number of hydrogen-bond donors (Lipinski definition) is 3. The highest BCUT2D eigenvalue weighted by atomic mass is 35.5. The van der Waals surface area contributed by atoms with Crippen LogP contribution in [0.15, 0.2) is 64.6 Å². The zero-order chi connectivity index (χ0) is 24.6. The van der Waals surface area contributed by atoms with Gasteiger partial charge in [-0.2, -0.15) is 9.82 Å². The topological polar surface area (TPSA) is 90.8 Å². The molecule has 1 aliphatic rings. The summed E-state index contributed by atoms with van der Waals surface area (Å²) >= 11 is 30.4. The molecule has 0 radical (unpaired) electrons. The largest absolute Gasteiger partial charge is 0.505 e. The molecule has 3 N–H and O–H groups in total. The number of phenolic OH excluding ortho intramolecular Hbond substituents is 1. The molecule has 0 aromatic heterocycles. The van der Waals surface area contributed by atoms with Gasteiger partial charge in [0, 0.05) is 26.5 Å². The molecule has 12 heteroatoms. The fourth-order valence-electron chi connectivity index (χ4n) is 3.54. The van der Waals surface area contributed by atoms with Crippen molar-refractivity contribution in [3.63, 3.8) is 0 Å². The van der Waals surface area contributed by atoms with Gasteiger partial charge in [0.05, 0.1) is 22.8 Å². The first-order valence-corrected chi connectivity index (χ1v) is 13.1. The average molecular weight is 580 g/mol. The molecule has 0 spiro atoms. The van der Waals surface area contributed by atoms with Crippen LogP contribution in [0, 0.1) is 0 Å². The fraction of sp³-hybridized carbons (Fsp3) is 0.136. The molecule has 0 bridgehead atoms. The number of nitrogens with one attached hydrogen (secondary N) is 2. The Morgan fingerprint density at radius 1 is 0.912 bits per heavy atom. The van der Waals surface area contributed by atoms with Crippen molar-refractivity contribution in [1.82, 2.24) is 10.1 Å². The molecule has 2 atom stereocenters. The van der Waals surface area contributed by atoms with Crippen LogP contribution in [0.2, 0.25) is 25.1 Å². The average Bonchev–Trinajstić information content (AvgIpc) is 3.25. The van der Waals surface area contributed by atoms with Crippen molar-refractivity contribution < 1.29 is 13.5 Å². The lowest BCUT2D eigenvalue weighted by atomic mass is 9.96. The molecule has 0 aliphatic carbocycles. The van der Waals surface area contributed by atoms with E-state index >= 15 is 0 Å². The van der Waals surface area contributed by atoms with Crippen LogP contribution in [0.1, 0.15) is 29.6 Å². The molecule has 0 saturated carbocycles. The van der Waals surface area contributed by atoms with Gasteiger partial charge in [0.15, 0.2) is 5.75 Å². The SMILES string of the molecule is O=S(=O)(NC(C1=NNC(c2ccc(Cl)cc2)C1)c1ccc(Cl)cc1Cl)c1cc(Cl)cc(Cl)c1O. The minimum atomic E-state index is -4.32. The van der Waals surface area contributed by atoms with Gasteiger partial charge in [0.2, 0.25) is 10.0 Å². The lowest BCUT2D eigenvalue weighted by molar-refractivity contribution is 0.458. The molecule has 4 rings (SSSR count). The van der Waals surface area contributed by atoms with E-state index in [0.29, 0.717) is 27.7 Å². The summed E-state index contributed by atoms with van der Waals surface area (Å²) in [5.41, 5.74) is 4.85. The Bertz CT molecular complexity index is 1380. The molecule has 1 heterocycles. The van der Waals surface area contributed by atoms with Gasteiger partial charge >= 0.3 is 0 Å². The van der Waals surface area contributed by atoms with Gasteiger partial charge in [-0.1, -0.05) is 76.2 Å². The smallest absolute Gasteiger partial charge is 0.245 e. The molecular formula is C22H16Cl5N3O3S. The molecule has 0 amide bonds. The molecule has 6 nitrogen and oxygen atoms in total. The van der Waals surface area contributed by atoms with Gasteiger partial charge in [0.25, 0.3) is 0 Å². The molecule has 2 unspecified atom stereocenters. The number of halogens is 5. The predicted molar refractivity (Wildman–Crippen MR) is 137 cm³/mol. The van der Waals surface area contributed by atoms with Crippen LogP contribution >= 0.6 is 58.0 Å². The van der Waals surface area contributed by atoms with Gasteiger partial charge in [-0.15, -0.1) is 0 Å². The number of aromatic hydroxyl groups is 1. The van der Waals surface area contributed by atoms with E-state index in [9.17, 15) is 13.5 Å². The molecular weight excluding hydrogens is 564 g/mol. The maximum Gasteiger partial charge on any atom is 0.245 e. The predicted octanol–water partition coefficient (Wildman–Crippen LogP) is 6.77. The van der Waals surface area contributed by atoms with Crippen LogP contribution in [-0.4, -0.2) is 19.2 Å². The van der Waals surface area contributed by atoms with E-state index in [-0.39, 0.29) is 21.1 Å². The van der Waals surface area contributed by atoms with Gasteiger partial charge in [-0.25, -0.2) is 8.42 Å². The van der Waals surface area contributed by atoms with Crippen LogP contribution in [0.3, 0.4) is 0 Å². The molecule has 178 valence electrons. The van der Waals surface area contributed by atoms with E-state index in [4.69, 9.17) is 58.0 Å². The van der Waals surface area contributed by atoms with E-state index < -0.39 is 26.7 Å². The van der Waals surface area contributed by atoms with E-state index in [0.717, 1.165) is 11.6 Å². The summed E-state index contributed by atoms with van der Waals surface area (Å²) in [5.74, 6) is -0.620. The number of benzene rings is 3. The molecule has 3 aromatic rings. The Kier molecular flexibility index (Phi) is 7.55. The highest BCUT2D eigenvalue weighted by Crippen LogP contribution is 2.37. The van der Waals surface area contributed by atoms with Crippen LogP contribution in [0.4, 0.5) is 0 Å². The van der Waals surface area contributed by atoms with Crippen LogP contribution in [0.25, 0.3) is 0 Å². The maximum absolute atomic E-state index is 13.3.